The van der Waals surface area contributed by atoms with Gasteiger partial charge in [-0.1, -0.05) is 12.1 Å². The molecule has 0 spiro atoms. The molecule has 3 aromatic carbocycles. The van der Waals surface area contributed by atoms with Gasteiger partial charge in [0, 0.05) is 0 Å². The molecule has 2 aromatic heterocycles. The molecule has 0 aliphatic carbocycles. The second kappa shape index (κ2) is 7.51. The van der Waals surface area contributed by atoms with Crippen molar-refractivity contribution in [2.45, 2.75) is 12.4 Å². The van der Waals surface area contributed by atoms with Crippen LogP contribution in [0.5, 0.6) is 0 Å². The van der Waals surface area contributed by atoms with Crippen LogP contribution in [0.1, 0.15) is 11.1 Å². The van der Waals surface area contributed by atoms with Crippen molar-refractivity contribution in [3.05, 3.63) is 113 Å². The monoisotopic (exact) mass is 504 g/mol. The Hall–Kier alpha value is -4.48. The van der Waals surface area contributed by atoms with E-state index in [4.69, 9.17) is 0 Å². The van der Waals surface area contributed by atoms with E-state index in [-0.39, 0.29) is 32.9 Å². The number of nitrogens with zero attached hydrogens (tertiary/aromatic N) is 2. The molecule has 12 heteroatoms. The quantitative estimate of drug-likeness (QED) is 0.342. The van der Waals surface area contributed by atoms with Gasteiger partial charge in [0.15, 0.2) is 0 Å². The molecule has 0 aliphatic rings. The molecule has 36 heavy (non-hydrogen) atoms. The third kappa shape index (κ3) is 3.44. The van der Waals surface area contributed by atoms with Gasteiger partial charge in [0.05, 0.1) is 44.0 Å². The van der Waals surface area contributed by atoms with Gasteiger partial charge in [0.2, 0.25) is 0 Å². The normalized spacial score (nSPS) is 12.6. The maximum absolute atomic E-state index is 13.1. The van der Waals surface area contributed by atoms with E-state index in [9.17, 15) is 45.5 Å². The van der Waals surface area contributed by atoms with Crippen LogP contribution in [0, 0.1) is 0 Å². The number of fused-ring (bicyclic) bond motifs is 2. The Balaban J connectivity index is 1.76. The van der Waals surface area contributed by atoms with Crippen molar-refractivity contribution in [1.29, 1.82) is 0 Å². The molecule has 0 radical (unpaired) electrons. The molecular formula is C24H10F6N2O4. The molecule has 0 saturated heterocycles. The summed E-state index contributed by atoms with van der Waals surface area (Å²) in [5.74, 6) is 0. The third-order valence-electron chi connectivity index (χ3n) is 5.76. The van der Waals surface area contributed by atoms with Crippen molar-refractivity contribution < 1.29 is 26.3 Å². The topological polar surface area (TPSA) is 78.1 Å². The maximum atomic E-state index is 13.1. The van der Waals surface area contributed by atoms with Crippen molar-refractivity contribution >= 4 is 21.5 Å². The molecular weight excluding hydrogens is 494 g/mol. The summed E-state index contributed by atoms with van der Waals surface area (Å²) in [6.45, 7) is 0. The first-order valence-corrected chi connectivity index (χ1v) is 10.1. The van der Waals surface area contributed by atoms with Crippen LogP contribution in [-0.4, -0.2) is 9.13 Å². The van der Waals surface area contributed by atoms with Crippen LogP contribution in [0.4, 0.5) is 26.3 Å². The fourth-order valence-electron chi connectivity index (χ4n) is 4.09. The molecule has 0 N–H and O–H groups in total. The molecule has 0 fully saturated rings. The standard InChI is InChI=1S/C24H10F6N2O4/c25-23(26,27)11-3-1-5-13(7-11)31-19(33)15-9-17-18(10-16(15)20(31)34)22(36)32(21(17)35)14-6-2-4-12(8-14)24(28,29)30/h1-10H. The van der Waals surface area contributed by atoms with Gasteiger partial charge in [0.25, 0.3) is 22.2 Å². The smallest absolute Gasteiger partial charge is 0.268 e. The lowest BCUT2D eigenvalue weighted by Crippen LogP contribution is -2.24. The van der Waals surface area contributed by atoms with E-state index in [0.717, 1.165) is 48.5 Å². The van der Waals surface area contributed by atoms with Crippen molar-refractivity contribution in [2.24, 2.45) is 0 Å². The van der Waals surface area contributed by atoms with E-state index >= 15 is 0 Å². The molecule has 0 atom stereocenters. The van der Waals surface area contributed by atoms with Crippen molar-refractivity contribution in [2.75, 3.05) is 0 Å². The van der Waals surface area contributed by atoms with Gasteiger partial charge < -0.3 is 0 Å². The van der Waals surface area contributed by atoms with Crippen molar-refractivity contribution in [3.63, 3.8) is 0 Å². The van der Waals surface area contributed by atoms with E-state index in [0.29, 0.717) is 21.3 Å². The second-order valence-electron chi connectivity index (χ2n) is 7.93. The maximum Gasteiger partial charge on any atom is 0.416 e. The lowest BCUT2D eigenvalue weighted by Gasteiger charge is -2.08. The number of rotatable bonds is 2. The van der Waals surface area contributed by atoms with Crippen LogP contribution in [0.15, 0.2) is 79.8 Å². The summed E-state index contributed by atoms with van der Waals surface area (Å²) >= 11 is 0. The Labute approximate surface area is 194 Å². The van der Waals surface area contributed by atoms with Crippen molar-refractivity contribution in [1.82, 2.24) is 9.13 Å². The van der Waals surface area contributed by atoms with E-state index in [2.05, 4.69) is 0 Å². The minimum Gasteiger partial charge on any atom is -0.268 e. The molecule has 0 bridgehead atoms. The highest BCUT2D eigenvalue weighted by molar-refractivity contribution is 5.98. The van der Waals surface area contributed by atoms with Crippen molar-refractivity contribution in [3.8, 4) is 11.4 Å². The Bertz CT molecular complexity index is 1690. The average Bonchev–Trinajstić information content (AvgIpc) is 3.21. The highest BCUT2D eigenvalue weighted by Gasteiger charge is 2.32. The fourth-order valence-corrected chi connectivity index (χ4v) is 4.09. The van der Waals surface area contributed by atoms with Gasteiger partial charge in [-0.25, -0.2) is 9.13 Å². The average molecular weight is 504 g/mol. The molecule has 182 valence electrons. The molecule has 0 unspecified atom stereocenters. The van der Waals surface area contributed by atoms with Crippen LogP contribution < -0.4 is 22.2 Å². The zero-order valence-electron chi connectivity index (χ0n) is 17.6. The Kier molecular flexibility index (Phi) is 4.85. The van der Waals surface area contributed by atoms with Crippen LogP contribution in [0.2, 0.25) is 0 Å². The minimum absolute atomic E-state index is 0.330. The Morgan fingerprint density at radius 3 is 1.06 bits per heavy atom. The summed E-state index contributed by atoms with van der Waals surface area (Å²) in [5, 5.41) is -1.32. The molecule has 2 heterocycles. The largest absolute Gasteiger partial charge is 0.416 e. The molecule has 0 saturated carbocycles. The van der Waals surface area contributed by atoms with Gasteiger partial charge in [0.1, 0.15) is 0 Å². The van der Waals surface area contributed by atoms with Crippen LogP contribution in [0.3, 0.4) is 0 Å². The van der Waals surface area contributed by atoms with E-state index in [1.54, 1.807) is 0 Å². The zero-order chi connectivity index (χ0) is 26.2. The Morgan fingerprint density at radius 2 is 0.778 bits per heavy atom. The molecule has 0 aliphatic heterocycles. The summed E-state index contributed by atoms with van der Waals surface area (Å²) in [7, 11) is 0. The summed E-state index contributed by atoms with van der Waals surface area (Å²) in [6, 6.07) is 8.92. The van der Waals surface area contributed by atoms with Crippen LogP contribution in [0.25, 0.3) is 32.9 Å². The summed E-state index contributed by atoms with van der Waals surface area (Å²) in [5.41, 5.74) is -6.99. The van der Waals surface area contributed by atoms with E-state index < -0.39 is 45.7 Å². The van der Waals surface area contributed by atoms with Gasteiger partial charge in [-0.15, -0.1) is 0 Å². The Morgan fingerprint density at radius 1 is 0.472 bits per heavy atom. The summed E-state index contributed by atoms with van der Waals surface area (Å²) < 4.78 is 79.6. The first kappa shape index (κ1) is 23.3. The molecule has 6 nitrogen and oxygen atoms in total. The minimum atomic E-state index is -4.73. The van der Waals surface area contributed by atoms with E-state index in [1.807, 2.05) is 0 Å². The molecule has 5 rings (SSSR count). The number of hydrogen-bond acceptors (Lipinski definition) is 4. The number of benzene rings is 3. The first-order valence-electron chi connectivity index (χ1n) is 10.1. The predicted octanol–water partition coefficient (Wildman–Crippen LogP) is 3.93. The predicted molar refractivity (Wildman–Crippen MR) is 118 cm³/mol. The highest BCUT2D eigenvalue weighted by Crippen LogP contribution is 2.31. The van der Waals surface area contributed by atoms with Gasteiger partial charge >= 0.3 is 12.4 Å². The first-order chi connectivity index (χ1) is 16.8. The fraction of sp³-hybridized carbons (Fsp3) is 0.0833. The number of alkyl halides is 6. The van der Waals surface area contributed by atoms with E-state index in [1.165, 1.54) is 0 Å². The van der Waals surface area contributed by atoms with Crippen LogP contribution in [-0.2, 0) is 12.4 Å². The third-order valence-corrected chi connectivity index (χ3v) is 5.76. The SMILES string of the molecule is O=c1c2cc3c(=O)n(-c4cccc(C(F)(F)F)c4)c(=O)c3cc2c(=O)n1-c1cccc(C(F)(F)F)c1. The highest BCUT2D eigenvalue weighted by atomic mass is 19.4. The number of hydrogen-bond donors (Lipinski definition) is 0. The summed E-state index contributed by atoms with van der Waals surface area (Å²) in [6.07, 6.45) is -9.47. The zero-order valence-corrected chi connectivity index (χ0v) is 17.6. The van der Waals surface area contributed by atoms with Gasteiger partial charge in [-0.2, -0.15) is 26.3 Å². The molecule has 0 amide bonds. The number of halogens is 6. The second-order valence-corrected chi connectivity index (χ2v) is 7.93. The van der Waals surface area contributed by atoms with Gasteiger partial charge in [-0.3, -0.25) is 19.2 Å². The molecule has 5 aromatic rings. The van der Waals surface area contributed by atoms with Gasteiger partial charge in [-0.05, 0) is 48.5 Å². The lowest BCUT2D eigenvalue weighted by molar-refractivity contribution is -0.138. The lowest BCUT2D eigenvalue weighted by atomic mass is 10.1. The summed E-state index contributed by atoms with van der Waals surface area (Å²) in [4.78, 5) is 51.8. The van der Waals surface area contributed by atoms with Crippen LogP contribution >= 0.6 is 0 Å². The number of aromatic nitrogens is 2.